The van der Waals surface area contributed by atoms with Gasteiger partial charge in [-0.25, -0.2) is 0 Å². The summed E-state index contributed by atoms with van der Waals surface area (Å²) in [7, 11) is 1.65. The molecule has 0 fully saturated rings. The Morgan fingerprint density at radius 1 is 1.56 bits per heavy atom. The Bertz CT molecular complexity index is 447. The van der Waals surface area contributed by atoms with Crippen LogP contribution in [-0.4, -0.2) is 17.0 Å². The molecular weight excluding hydrogens is 204 g/mol. The lowest BCUT2D eigenvalue weighted by Crippen LogP contribution is -2.26. The zero-order valence-corrected chi connectivity index (χ0v) is 9.56. The Balaban J connectivity index is 2.59. The summed E-state index contributed by atoms with van der Waals surface area (Å²) in [6, 6.07) is 2.97. The van der Waals surface area contributed by atoms with Crippen LogP contribution in [-0.2, 0) is 7.05 Å². The molecule has 86 valence electrons. The summed E-state index contributed by atoms with van der Waals surface area (Å²) in [6.45, 7) is 2.51. The molecule has 1 heterocycles. The second-order valence-corrected chi connectivity index (χ2v) is 3.48. The maximum absolute atomic E-state index is 11.6. The topological polar surface area (TPSA) is 51.1 Å². The maximum atomic E-state index is 11.6. The summed E-state index contributed by atoms with van der Waals surface area (Å²) >= 11 is 0. The van der Waals surface area contributed by atoms with Gasteiger partial charge in [0, 0.05) is 31.4 Å². The van der Waals surface area contributed by atoms with E-state index < -0.39 is 0 Å². The van der Waals surface area contributed by atoms with Gasteiger partial charge in [0.2, 0.25) is 0 Å². The average Bonchev–Trinajstić information content (AvgIpc) is 2.28. The number of nitrogens with zero attached hydrogens (tertiary/aromatic N) is 1. The van der Waals surface area contributed by atoms with Crippen LogP contribution >= 0.6 is 0 Å². The van der Waals surface area contributed by atoms with Gasteiger partial charge in [-0.3, -0.25) is 9.59 Å². The molecule has 0 radical (unpaired) electrons. The van der Waals surface area contributed by atoms with Crippen molar-refractivity contribution in [1.82, 2.24) is 9.88 Å². The first-order valence-corrected chi connectivity index (χ1v) is 5.21. The summed E-state index contributed by atoms with van der Waals surface area (Å²) in [6.07, 6.45) is 6.30. The molecule has 0 spiro atoms. The Morgan fingerprint density at radius 2 is 2.31 bits per heavy atom. The molecular formula is C12H16N2O2. The van der Waals surface area contributed by atoms with E-state index in [4.69, 9.17) is 0 Å². The molecule has 1 aromatic rings. The van der Waals surface area contributed by atoms with E-state index in [9.17, 15) is 9.59 Å². The fourth-order valence-electron chi connectivity index (χ4n) is 1.23. The molecule has 0 aliphatic rings. The highest BCUT2D eigenvalue weighted by Crippen LogP contribution is 1.94. The second-order valence-electron chi connectivity index (χ2n) is 3.48. The van der Waals surface area contributed by atoms with Crippen LogP contribution in [0.2, 0.25) is 0 Å². The van der Waals surface area contributed by atoms with Crippen molar-refractivity contribution in [3.05, 3.63) is 46.4 Å². The second kappa shape index (κ2) is 5.90. The van der Waals surface area contributed by atoms with Crippen LogP contribution in [0.1, 0.15) is 23.7 Å². The van der Waals surface area contributed by atoms with E-state index in [1.807, 2.05) is 19.1 Å². The van der Waals surface area contributed by atoms with Crippen molar-refractivity contribution in [1.29, 1.82) is 0 Å². The first-order valence-electron chi connectivity index (χ1n) is 5.21. The monoisotopic (exact) mass is 220 g/mol. The standard InChI is InChI=1S/C12H16N2O2/c1-3-4-5-7-13-12(16)10-6-8-14(2)11(15)9-10/h3-4,6,8-9H,5,7H2,1-2H3,(H,13,16)/b4-3+. The fourth-order valence-corrected chi connectivity index (χ4v) is 1.23. The van der Waals surface area contributed by atoms with Crippen molar-refractivity contribution >= 4 is 5.91 Å². The van der Waals surface area contributed by atoms with Crippen LogP contribution in [0.4, 0.5) is 0 Å². The molecule has 0 aliphatic carbocycles. The number of carbonyl (C=O) groups excluding carboxylic acids is 1. The van der Waals surface area contributed by atoms with Gasteiger partial charge in [0.1, 0.15) is 0 Å². The number of amides is 1. The largest absolute Gasteiger partial charge is 0.352 e. The lowest BCUT2D eigenvalue weighted by molar-refractivity contribution is 0.0954. The molecule has 4 nitrogen and oxygen atoms in total. The first-order chi connectivity index (χ1) is 7.65. The number of rotatable bonds is 4. The minimum absolute atomic E-state index is 0.180. The van der Waals surface area contributed by atoms with E-state index in [0.717, 1.165) is 6.42 Å². The zero-order chi connectivity index (χ0) is 12.0. The van der Waals surface area contributed by atoms with Crippen LogP contribution < -0.4 is 10.9 Å². The smallest absolute Gasteiger partial charge is 0.251 e. The molecule has 16 heavy (non-hydrogen) atoms. The molecule has 1 N–H and O–H groups in total. The Hall–Kier alpha value is -1.84. The minimum Gasteiger partial charge on any atom is -0.352 e. The Labute approximate surface area is 94.6 Å². The molecule has 0 aromatic carbocycles. The van der Waals surface area contributed by atoms with Crippen molar-refractivity contribution in [2.45, 2.75) is 13.3 Å². The number of carbonyl (C=O) groups is 1. The molecule has 1 rings (SSSR count). The van der Waals surface area contributed by atoms with Gasteiger partial charge in [0.15, 0.2) is 0 Å². The van der Waals surface area contributed by atoms with E-state index >= 15 is 0 Å². The quantitative estimate of drug-likeness (QED) is 0.610. The summed E-state index contributed by atoms with van der Waals surface area (Å²) in [5, 5.41) is 2.74. The molecule has 0 atom stereocenters. The van der Waals surface area contributed by atoms with Gasteiger partial charge >= 0.3 is 0 Å². The van der Waals surface area contributed by atoms with E-state index in [2.05, 4.69) is 5.32 Å². The van der Waals surface area contributed by atoms with Crippen LogP contribution in [0.5, 0.6) is 0 Å². The Morgan fingerprint density at radius 3 is 2.94 bits per heavy atom. The number of aryl methyl sites for hydroxylation is 1. The highest BCUT2D eigenvalue weighted by molar-refractivity contribution is 5.93. The van der Waals surface area contributed by atoms with Crippen LogP contribution in [0.15, 0.2) is 35.3 Å². The summed E-state index contributed by atoms with van der Waals surface area (Å²) in [4.78, 5) is 22.9. The fraction of sp³-hybridized carbons (Fsp3) is 0.333. The van der Waals surface area contributed by atoms with E-state index in [0.29, 0.717) is 12.1 Å². The van der Waals surface area contributed by atoms with Crippen molar-refractivity contribution in [2.24, 2.45) is 7.05 Å². The average molecular weight is 220 g/mol. The van der Waals surface area contributed by atoms with Crippen molar-refractivity contribution in [3.63, 3.8) is 0 Å². The molecule has 0 saturated carbocycles. The van der Waals surface area contributed by atoms with Gasteiger partial charge in [0.25, 0.3) is 11.5 Å². The van der Waals surface area contributed by atoms with Gasteiger partial charge in [-0.1, -0.05) is 12.2 Å². The van der Waals surface area contributed by atoms with Gasteiger partial charge in [-0.2, -0.15) is 0 Å². The number of aromatic nitrogens is 1. The van der Waals surface area contributed by atoms with Crippen LogP contribution in [0.3, 0.4) is 0 Å². The summed E-state index contributed by atoms with van der Waals surface area (Å²) in [5.41, 5.74) is 0.227. The SMILES string of the molecule is C/C=C/CCNC(=O)c1ccn(C)c(=O)c1. The number of pyridine rings is 1. The van der Waals surface area contributed by atoms with Gasteiger partial charge in [0.05, 0.1) is 0 Å². The molecule has 0 unspecified atom stereocenters. The van der Waals surface area contributed by atoms with Gasteiger partial charge in [-0.15, -0.1) is 0 Å². The first kappa shape index (κ1) is 12.2. The third-order valence-corrected chi connectivity index (χ3v) is 2.20. The van der Waals surface area contributed by atoms with Crippen molar-refractivity contribution in [2.75, 3.05) is 6.54 Å². The highest BCUT2D eigenvalue weighted by Gasteiger charge is 2.04. The normalized spacial score (nSPS) is 10.6. The third-order valence-electron chi connectivity index (χ3n) is 2.20. The summed E-state index contributed by atoms with van der Waals surface area (Å²) in [5.74, 6) is -0.206. The van der Waals surface area contributed by atoms with E-state index in [-0.39, 0.29) is 11.5 Å². The molecule has 4 heteroatoms. The molecule has 1 amide bonds. The number of hydrogen-bond acceptors (Lipinski definition) is 2. The minimum atomic E-state index is -0.206. The van der Waals surface area contributed by atoms with Gasteiger partial charge < -0.3 is 9.88 Å². The van der Waals surface area contributed by atoms with Crippen molar-refractivity contribution in [3.8, 4) is 0 Å². The lowest BCUT2D eigenvalue weighted by Gasteiger charge is -2.03. The predicted octanol–water partition coefficient (Wildman–Crippen LogP) is 1.08. The van der Waals surface area contributed by atoms with E-state index in [1.54, 1.807) is 19.3 Å². The maximum Gasteiger partial charge on any atom is 0.251 e. The third kappa shape index (κ3) is 3.38. The molecule has 0 aliphatic heterocycles. The van der Waals surface area contributed by atoms with Gasteiger partial charge in [-0.05, 0) is 19.4 Å². The number of allylic oxidation sites excluding steroid dienone is 1. The highest BCUT2D eigenvalue weighted by atomic mass is 16.2. The number of hydrogen-bond donors (Lipinski definition) is 1. The van der Waals surface area contributed by atoms with Crippen molar-refractivity contribution < 1.29 is 4.79 Å². The predicted molar refractivity (Wildman–Crippen MR) is 63.4 cm³/mol. The molecule has 1 aromatic heterocycles. The number of nitrogens with one attached hydrogen (secondary N) is 1. The van der Waals surface area contributed by atoms with E-state index in [1.165, 1.54) is 10.6 Å². The Kier molecular flexibility index (Phi) is 4.51. The summed E-state index contributed by atoms with van der Waals surface area (Å²) < 4.78 is 1.43. The van der Waals surface area contributed by atoms with Crippen LogP contribution in [0, 0.1) is 0 Å². The van der Waals surface area contributed by atoms with Crippen LogP contribution in [0.25, 0.3) is 0 Å². The molecule has 0 saturated heterocycles. The molecule has 0 bridgehead atoms. The lowest BCUT2D eigenvalue weighted by atomic mass is 10.2. The zero-order valence-electron chi connectivity index (χ0n) is 9.56.